The summed E-state index contributed by atoms with van der Waals surface area (Å²) >= 11 is 0. The smallest absolute Gasteiger partial charge is 1.00 e. The van der Waals surface area contributed by atoms with E-state index in [2.05, 4.69) is 0 Å². The van der Waals surface area contributed by atoms with Crippen molar-refractivity contribution in [2.24, 2.45) is 0 Å². The van der Waals surface area contributed by atoms with Gasteiger partial charge in [0.2, 0.25) is 0 Å². The molecule has 0 rings (SSSR count). The molecule has 0 aliphatic rings. The number of rotatable bonds is 0. The van der Waals surface area contributed by atoms with Crippen LogP contribution in [-0.2, 0) is 16.8 Å². The van der Waals surface area contributed by atoms with Crippen molar-refractivity contribution in [2.75, 3.05) is 0 Å². The summed E-state index contributed by atoms with van der Waals surface area (Å²) < 4.78 is 0. The van der Waals surface area contributed by atoms with E-state index in [0.29, 0.717) is 0 Å². The maximum Gasteiger partial charge on any atom is 3.00 e. The van der Waals surface area contributed by atoms with Crippen LogP contribution in [0.3, 0.4) is 0 Å². The second-order valence-electron chi connectivity index (χ2n) is 0. The average Bonchev–Trinajstić information content (AvgIpc) is 0. The molecular formula is AlCl5Co. The second-order valence-corrected chi connectivity index (χ2v) is 0. The third kappa shape index (κ3) is 57.7. The first-order chi connectivity index (χ1) is 0. The minimum absolute atomic E-state index is 0. The molecule has 0 aliphatic carbocycles. The van der Waals surface area contributed by atoms with E-state index in [4.69, 9.17) is 0 Å². The molecule has 0 saturated heterocycles. The molecule has 0 aliphatic heterocycles. The molecule has 0 aromatic carbocycles. The summed E-state index contributed by atoms with van der Waals surface area (Å²) in [4.78, 5) is 0. The largest absolute Gasteiger partial charge is 3.00 e. The summed E-state index contributed by atoms with van der Waals surface area (Å²) in [5.41, 5.74) is 0. The minimum atomic E-state index is 0. The first-order valence-corrected chi connectivity index (χ1v) is 0. The Bertz CT molecular complexity index is 8.04. The zero-order valence-corrected chi connectivity index (χ0v) is 8.78. The van der Waals surface area contributed by atoms with E-state index < -0.39 is 0 Å². The molecule has 1 radical (unpaired) electrons. The van der Waals surface area contributed by atoms with E-state index >= 15 is 0 Å². The van der Waals surface area contributed by atoms with Gasteiger partial charge in [-0.05, 0) is 0 Å². The molecule has 0 atom stereocenters. The van der Waals surface area contributed by atoms with E-state index in [1.807, 2.05) is 0 Å². The molecule has 47 valence electrons. The molecule has 0 spiro atoms. The second kappa shape index (κ2) is 76.9. The van der Waals surface area contributed by atoms with E-state index in [1.165, 1.54) is 0 Å². The van der Waals surface area contributed by atoms with Crippen molar-refractivity contribution >= 4 is 17.4 Å². The van der Waals surface area contributed by atoms with Gasteiger partial charge in [-0.1, -0.05) is 0 Å². The first kappa shape index (κ1) is 110. The Morgan fingerprint density at radius 3 is 0.429 bits per heavy atom. The standard InChI is InChI=1S/Al.5ClH.Co/h;5*1H;/q+3;;;;;;+2/p-5. The van der Waals surface area contributed by atoms with Gasteiger partial charge in [-0.3, -0.25) is 0 Å². The van der Waals surface area contributed by atoms with Crippen molar-refractivity contribution in [1.29, 1.82) is 0 Å². The summed E-state index contributed by atoms with van der Waals surface area (Å²) in [5.74, 6) is 0. The summed E-state index contributed by atoms with van der Waals surface area (Å²) in [7, 11) is 0. The quantitative estimate of drug-likeness (QED) is 0.381. The van der Waals surface area contributed by atoms with Crippen LogP contribution in [0.1, 0.15) is 0 Å². The molecule has 0 nitrogen and oxygen atoms in total. The third-order valence-corrected chi connectivity index (χ3v) is 0. The average molecular weight is 263 g/mol. The predicted octanol–water partition coefficient (Wildman–Crippen LogP) is -15.4. The molecule has 7 heavy (non-hydrogen) atoms. The minimum Gasteiger partial charge on any atom is -1.00 e. The number of hydrogen-bond acceptors (Lipinski definition) is 0. The Morgan fingerprint density at radius 1 is 0.429 bits per heavy atom. The van der Waals surface area contributed by atoms with E-state index in [9.17, 15) is 0 Å². The summed E-state index contributed by atoms with van der Waals surface area (Å²) in [5, 5.41) is 0. The molecule has 0 N–H and O–H groups in total. The Labute approximate surface area is 95.3 Å². The van der Waals surface area contributed by atoms with E-state index in [0.717, 1.165) is 0 Å². The van der Waals surface area contributed by atoms with Gasteiger partial charge in [0, 0.05) is 0 Å². The van der Waals surface area contributed by atoms with Crippen molar-refractivity contribution in [1.82, 2.24) is 0 Å². The van der Waals surface area contributed by atoms with Crippen LogP contribution < -0.4 is 62.0 Å². The molecule has 0 unspecified atom stereocenters. The number of hydrogen-bond donors (Lipinski definition) is 0. The summed E-state index contributed by atoms with van der Waals surface area (Å²) in [6.07, 6.45) is 0. The third-order valence-electron chi connectivity index (χ3n) is 0. The van der Waals surface area contributed by atoms with Gasteiger partial charge in [0.05, 0.1) is 0 Å². The van der Waals surface area contributed by atoms with Crippen LogP contribution in [0, 0.1) is 0 Å². The molecule has 0 amide bonds. The molecule has 0 fully saturated rings. The SMILES string of the molecule is [Al+3].[Cl-].[Cl-].[Cl-].[Cl-].[Cl-].[Co+2]. The topological polar surface area (TPSA) is 0 Å². The van der Waals surface area contributed by atoms with Crippen molar-refractivity contribution < 1.29 is 78.8 Å². The maximum atomic E-state index is 0. The van der Waals surface area contributed by atoms with Gasteiger partial charge in [-0.25, -0.2) is 0 Å². The zero-order chi connectivity index (χ0) is 0. The predicted molar refractivity (Wildman–Crippen MR) is 5.75 cm³/mol. The van der Waals surface area contributed by atoms with Gasteiger partial charge in [-0.15, -0.1) is 0 Å². The molecule has 0 saturated carbocycles. The normalized spacial score (nSPS) is 0. The maximum absolute atomic E-state index is 0. The fourth-order valence-corrected chi connectivity index (χ4v) is 0. The molecule has 0 aromatic heterocycles. The van der Waals surface area contributed by atoms with Crippen molar-refractivity contribution in [2.45, 2.75) is 0 Å². The summed E-state index contributed by atoms with van der Waals surface area (Å²) in [6.45, 7) is 0. The van der Waals surface area contributed by atoms with Crippen LogP contribution in [0.25, 0.3) is 0 Å². The molecule has 0 aromatic rings. The summed E-state index contributed by atoms with van der Waals surface area (Å²) in [6, 6.07) is 0. The van der Waals surface area contributed by atoms with Gasteiger partial charge in [0.1, 0.15) is 0 Å². The monoisotopic (exact) mass is 261 g/mol. The van der Waals surface area contributed by atoms with Crippen LogP contribution in [0.15, 0.2) is 0 Å². The van der Waals surface area contributed by atoms with Gasteiger partial charge in [-0.2, -0.15) is 0 Å². The van der Waals surface area contributed by atoms with Crippen molar-refractivity contribution in [3.05, 3.63) is 0 Å². The van der Waals surface area contributed by atoms with Gasteiger partial charge < -0.3 is 62.0 Å². The van der Waals surface area contributed by atoms with Crippen LogP contribution in [0.2, 0.25) is 0 Å². The fourth-order valence-electron chi connectivity index (χ4n) is 0. The Kier molecular flexibility index (Phi) is 1210. The van der Waals surface area contributed by atoms with Crippen LogP contribution in [0.4, 0.5) is 0 Å². The van der Waals surface area contributed by atoms with Gasteiger partial charge in [0.25, 0.3) is 0 Å². The van der Waals surface area contributed by atoms with Crippen molar-refractivity contribution in [3.8, 4) is 0 Å². The number of halogens is 5. The van der Waals surface area contributed by atoms with Crippen LogP contribution >= 0.6 is 0 Å². The molecular weight excluding hydrogens is 263 g/mol. The molecule has 0 heterocycles. The van der Waals surface area contributed by atoms with Crippen molar-refractivity contribution in [3.63, 3.8) is 0 Å². The van der Waals surface area contributed by atoms with Crippen LogP contribution in [0.5, 0.6) is 0 Å². The molecule has 7 heteroatoms. The Balaban J connectivity index is 0. The van der Waals surface area contributed by atoms with Gasteiger partial charge >= 0.3 is 34.1 Å². The fraction of sp³-hybridized carbons (Fsp3) is 0. The Hall–Kier alpha value is 2.49. The van der Waals surface area contributed by atoms with Crippen LogP contribution in [-0.4, -0.2) is 17.4 Å². The van der Waals surface area contributed by atoms with Gasteiger partial charge in [0.15, 0.2) is 0 Å². The van der Waals surface area contributed by atoms with E-state index in [1.54, 1.807) is 0 Å². The van der Waals surface area contributed by atoms with E-state index in [-0.39, 0.29) is 96.2 Å². The Morgan fingerprint density at radius 2 is 0.429 bits per heavy atom. The zero-order valence-electron chi connectivity index (χ0n) is 2.80. The molecule has 0 bridgehead atoms. The first-order valence-electron chi connectivity index (χ1n) is 0.